The van der Waals surface area contributed by atoms with Gasteiger partial charge in [0.2, 0.25) is 0 Å². The van der Waals surface area contributed by atoms with Crippen molar-refractivity contribution in [1.29, 1.82) is 0 Å². The van der Waals surface area contributed by atoms with E-state index in [0.29, 0.717) is 19.1 Å². The molecule has 4 saturated carbocycles. The van der Waals surface area contributed by atoms with Crippen LogP contribution in [0, 0.1) is 23.2 Å². The van der Waals surface area contributed by atoms with E-state index in [1.54, 1.807) is 24.5 Å². The van der Waals surface area contributed by atoms with Crippen LogP contribution in [0.4, 0.5) is 8.78 Å². The standard InChI is InChI=1S/C27H24NO2S.C14H20F2O2/c1-21(20-30-27(29)23-16-18-28-19-17-23)22-12-14-26(15-13-22)31(24-8-4-2-5-9-24)25-10-6-3-7-11-25;1-13(15,16)12(17)18-8-14-5-9-2-10(6-14)4-11(3-9)7-14/h2-19,21H,20H2,1H3;9-11H,2-8H2,1H3/q+1;. The van der Waals surface area contributed by atoms with E-state index >= 15 is 0 Å². The first kappa shape index (κ1) is 34.8. The topological polar surface area (TPSA) is 65.5 Å². The molecule has 8 rings (SSSR count). The summed E-state index contributed by atoms with van der Waals surface area (Å²) in [4.78, 5) is 31.2. The fourth-order valence-corrected chi connectivity index (χ4v) is 10.2. The van der Waals surface area contributed by atoms with Crippen LogP contribution in [0.2, 0.25) is 0 Å². The molecule has 4 aromatic rings. The van der Waals surface area contributed by atoms with Gasteiger partial charge in [-0.1, -0.05) is 55.5 Å². The second-order valence-electron chi connectivity index (χ2n) is 14.1. The molecule has 256 valence electrons. The van der Waals surface area contributed by atoms with E-state index in [4.69, 9.17) is 9.47 Å². The molecule has 1 heterocycles. The molecule has 0 spiro atoms. The number of carbonyl (C=O) groups is 2. The predicted molar refractivity (Wildman–Crippen MR) is 187 cm³/mol. The highest BCUT2D eigenvalue weighted by Crippen LogP contribution is 2.60. The number of aromatic nitrogens is 1. The summed E-state index contributed by atoms with van der Waals surface area (Å²) in [5.41, 5.74) is 1.69. The molecule has 0 aliphatic heterocycles. The Balaban J connectivity index is 0.000000195. The number of hydrogen-bond donors (Lipinski definition) is 0. The lowest BCUT2D eigenvalue weighted by atomic mass is 9.50. The van der Waals surface area contributed by atoms with E-state index in [-0.39, 0.29) is 34.8 Å². The zero-order valence-corrected chi connectivity index (χ0v) is 28.9. The number of ether oxygens (including phenoxy) is 2. The lowest BCUT2D eigenvalue weighted by Crippen LogP contribution is -2.49. The second kappa shape index (κ2) is 15.2. The quantitative estimate of drug-likeness (QED) is 0.123. The maximum Gasteiger partial charge on any atom is 0.376 e. The molecule has 0 N–H and O–H groups in total. The van der Waals surface area contributed by atoms with Crippen LogP contribution >= 0.6 is 0 Å². The molecule has 3 aromatic carbocycles. The average molecular weight is 685 g/mol. The van der Waals surface area contributed by atoms with Crippen LogP contribution in [0.3, 0.4) is 0 Å². The zero-order chi connectivity index (χ0) is 34.4. The van der Waals surface area contributed by atoms with Gasteiger partial charge in [0.1, 0.15) is 0 Å². The van der Waals surface area contributed by atoms with Crippen LogP contribution in [-0.2, 0) is 25.2 Å². The molecule has 0 radical (unpaired) electrons. The Morgan fingerprint density at radius 3 is 1.76 bits per heavy atom. The maximum atomic E-state index is 12.8. The molecule has 5 nitrogen and oxygen atoms in total. The molecule has 1 aromatic heterocycles. The van der Waals surface area contributed by atoms with Crippen molar-refractivity contribution in [3.63, 3.8) is 0 Å². The molecular weight excluding hydrogens is 641 g/mol. The maximum absolute atomic E-state index is 12.8. The smallest absolute Gasteiger partial charge is 0.376 e. The normalized spacial score (nSPS) is 22.9. The van der Waals surface area contributed by atoms with E-state index < -0.39 is 11.9 Å². The second-order valence-corrected chi connectivity index (χ2v) is 16.1. The fourth-order valence-electron chi connectivity index (χ4n) is 8.13. The number of pyridine rings is 1. The van der Waals surface area contributed by atoms with Crippen LogP contribution in [0.5, 0.6) is 0 Å². The van der Waals surface area contributed by atoms with Gasteiger partial charge in [-0.15, -0.1) is 0 Å². The molecular formula is C41H44F2NO4S+. The van der Waals surface area contributed by atoms with Gasteiger partial charge in [0.05, 0.1) is 29.7 Å². The van der Waals surface area contributed by atoms with E-state index in [2.05, 4.69) is 84.7 Å². The Hall–Kier alpha value is -4.04. The molecule has 8 heteroatoms. The lowest BCUT2D eigenvalue weighted by molar-refractivity contribution is -0.179. The van der Waals surface area contributed by atoms with Crippen LogP contribution in [-0.4, -0.2) is 36.1 Å². The third kappa shape index (κ3) is 8.77. The van der Waals surface area contributed by atoms with Gasteiger partial charge in [-0.2, -0.15) is 8.78 Å². The molecule has 0 saturated heterocycles. The highest BCUT2D eigenvalue weighted by atomic mass is 32.2. The molecule has 4 bridgehead atoms. The minimum absolute atomic E-state index is 0.0235. The summed E-state index contributed by atoms with van der Waals surface area (Å²) < 4.78 is 36.0. The highest BCUT2D eigenvalue weighted by Gasteiger charge is 2.52. The van der Waals surface area contributed by atoms with E-state index in [9.17, 15) is 18.4 Å². The Bertz CT molecular complexity index is 1610. The molecule has 1 unspecified atom stereocenters. The zero-order valence-electron chi connectivity index (χ0n) is 28.1. The third-order valence-corrected chi connectivity index (χ3v) is 12.3. The van der Waals surface area contributed by atoms with Crippen LogP contribution in [0.1, 0.15) is 74.2 Å². The van der Waals surface area contributed by atoms with Gasteiger partial charge < -0.3 is 9.47 Å². The predicted octanol–water partition coefficient (Wildman–Crippen LogP) is 9.54. The molecule has 4 aliphatic carbocycles. The number of hydrogen-bond acceptors (Lipinski definition) is 5. The summed E-state index contributed by atoms with van der Waals surface area (Å²) in [5, 5.41) is 0. The first-order valence-electron chi connectivity index (χ1n) is 17.2. The summed E-state index contributed by atoms with van der Waals surface area (Å²) >= 11 is 0. The Kier molecular flexibility index (Phi) is 10.8. The van der Waals surface area contributed by atoms with E-state index in [0.717, 1.165) is 42.6 Å². The molecule has 49 heavy (non-hydrogen) atoms. The molecule has 4 aliphatic rings. The monoisotopic (exact) mass is 684 g/mol. The first-order valence-corrected chi connectivity index (χ1v) is 18.4. The number of esters is 2. The van der Waals surface area contributed by atoms with Crippen LogP contribution in [0.25, 0.3) is 0 Å². The van der Waals surface area contributed by atoms with Gasteiger partial charge >= 0.3 is 17.9 Å². The third-order valence-electron chi connectivity index (χ3n) is 10.1. The van der Waals surface area contributed by atoms with Crippen molar-refractivity contribution in [3.8, 4) is 0 Å². The Morgan fingerprint density at radius 1 is 0.776 bits per heavy atom. The summed E-state index contributed by atoms with van der Waals surface area (Å²) in [6, 6.07) is 33.2. The average Bonchev–Trinajstić information content (AvgIpc) is 3.10. The molecule has 1 atom stereocenters. The van der Waals surface area contributed by atoms with Crippen molar-refractivity contribution >= 4 is 22.8 Å². The summed E-state index contributed by atoms with van der Waals surface area (Å²) in [6.07, 6.45) is 10.3. The van der Waals surface area contributed by atoms with Gasteiger partial charge in [-0.05, 0) is 110 Å². The number of rotatable bonds is 10. The van der Waals surface area contributed by atoms with Gasteiger partial charge in [0.25, 0.3) is 0 Å². The SMILES string of the molecule is CC(COC(=O)c1ccncc1)c1ccc([S+](c2ccccc2)c2ccccc2)cc1.CC(F)(F)C(=O)OCC12CC3CC(CC(C3)C1)C2. The van der Waals surface area contributed by atoms with Crippen molar-refractivity contribution in [3.05, 3.63) is 121 Å². The minimum atomic E-state index is -3.36. The lowest BCUT2D eigenvalue weighted by Gasteiger charge is -2.56. The number of nitrogens with zero attached hydrogens (tertiary/aromatic N) is 1. The van der Waals surface area contributed by atoms with E-state index in [1.807, 2.05) is 12.1 Å². The van der Waals surface area contributed by atoms with Gasteiger partial charge in [0, 0.05) is 30.7 Å². The largest absolute Gasteiger partial charge is 0.461 e. The van der Waals surface area contributed by atoms with Crippen LogP contribution in [0.15, 0.2) is 124 Å². The van der Waals surface area contributed by atoms with Crippen molar-refractivity contribution in [2.24, 2.45) is 23.2 Å². The number of carbonyl (C=O) groups excluding carboxylic acids is 2. The first-order chi connectivity index (χ1) is 23.6. The van der Waals surface area contributed by atoms with Crippen LogP contribution < -0.4 is 0 Å². The summed E-state index contributed by atoms with van der Waals surface area (Å²) in [5.74, 6) is -2.69. The minimum Gasteiger partial charge on any atom is -0.461 e. The van der Waals surface area contributed by atoms with Crippen molar-refractivity contribution in [2.45, 2.75) is 78.9 Å². The molecule has 0 amide bonds. The Morgan fingerprint density at radius 2 is 1.27 bits per heavy atom. The summed E-state index contributed by atoms with van der Waals surface area (Å²) in [6.45, 7) is 3.22. The number of benzene rings is 3. The van der Waals surface area contributed by atoms with Gasteiger partial charge in [-0.3, -0.25) is 4.98 Å². The fraction of sp³-hybridized carbons (Fsp3) is 0.390. The number of alkyl halides is 2. The van der Waals surface area contributed by atoms with Gasteiger partial charge in [-0.25, -0.2) is 9.59 Å². The summed E-state index contributed by atoms with van der Waals surface area (Å²) in [7, 11) is -0.163. The van der Waals surface area contributed by atoms with Crippen molar-refractivity contribution in [1.82, 2.24) is 4.98 Å². The Labute approximate surface area is 290 Å². The van der Waals surface area contributed by atoms with Crippen molar-refractivity contribution in [2.75, 3.05) is 13.2 Å². The molecule has 4 fully saturated rings. The highest BCUT2D eigenvalue weighted by molar-refractivity contribution is 7.97. The van der Waals surface area contributed by atoms with Gasteiger partial charge in [0.15, 0.2) is 14.7 Å². The van der Waals surface area contributed by atoms with E-state index in [1.165, 1.54) is 33.9 Å². The van der Waals surface area contributed by atoms with Crippen molar-refractivity contribution < 1.29 is 27.8 Å². The number of halogens is 2.